The minimum absolute atomic E-state index is 0.0518. The second-order valence-corrected chi connectivity index (χ2v) is 9.09. The van der Waals surface area contributed by atoms with Crippen LogP contribution in [0.15, 0.2) is 52.4 Å². The van der Waals surface area contributed by atoms with Crippen LogP contribution in [0.4, 0.5) is 5.69 Å². The Hall–Kier alpha value is -2.50. The van der Waals surface area contributed by atoms with Gasteiger partial charge in [-0.2, -0.15) is 0 Å². The van der Waals surface area contributed by atoms with Gasteiger partial charge in [-0.15, -0.1) is 0 Å². The van der Waals surface area contributed by atoms with E-state index in [4.69, 9.17) is 28.3 Å². The Bertz CT molecular complexity index is 1290. The van der Waals surface area contributed by atoms with E-state index in [-0.39, 0.29) is 39.0 Å². The lowest BCUT2D eigenvalue weighted by Gasteiger charge is -2.10. The number of halogens is 2. The third kappa shape index (κ3) is 5.60. The van der Waals surface area contributed by atoms with Crippen LogP contribution < -0.4 is 15.6 Å². The summed E-state index contributed by atoms with van der Waals surface area (Å²) >= 11 is 11.8. The van der Waals surface area contributed by atoms with Crippen molar-refractivity contribution in [3.8, 4) is 0 Å². The number of hydrogen-bond donors (Lipinski definition) is 3. The first-order chi connectivity index (χ1) is 14.7. The van der Waals surface area contributed by atoms with Crippen molar-refractivity contribution in [1.29, 1.82) is 0 Å². The van der Waals surface area contributed by atoms with Gasteiger partial charge in [-0.3, -0.25) is 14.2 Å². The Labute approximate surface area is 187 Å². The number of hydrogen-bond acceptors (Lipinski definition) is 6. The zero-order valence-corrected chi connectivity index (χ0v) is 18.3. The highest BCUT2D eigenvalue weighted by molar-refractivity contribution is 7.89. The number of fused-ring (bicyclic) bond motifs is 1. The first kappa shape index (κ1) is 23.2. The number of carbonyl (C=O) groups excluding carboxylic acids is 1. The number of nitrogens with zero attached hydrogens (tertiary/aromatic N) is 2. The van der Waals surface area contributed by atoms with Crippen LogP contribution in [0.2, 0.25) is 10.0 Å². The SMILES string of the molecule is O=C(CO)Nc1ccc2ncn(CCCNS(=O)(=O)c3cc(Cl)ccc3Cl)c(=O)c2c1. The van der Waals surface area contributed by atoms with E-state index in [2.05, 4.69) is 15.0 Å². The molecule has 0 saturated heterocycles. The Morgan fingerprint density at radius 2 is 1.94 bits per heavy atom. The van der Waals surface area contributed by atoms with Crippen molar-refractivity contribution in [1.82, 2.24) is 14.3 Å². The summed E-state index contributed by atoms with van der Waals surface area (Å²) in [7, 11) is -3.86. The first-order valence-corrected chi connectivity index (χ1v) is 11.3. The molecule has 3 aromatic rings. The number of amides is 1. The molecule has 2 aromatic carbocycles. The molecule has 1 heterocycles. The molecule has 3 rings (SSSR count). The van der Waals surface area contributed by atoms with Gasteiger partial charge in [0.1, 0.15) is 11.5 Å². The molecule has 164 valence electrons. The van der Waals surface area contributed by atoms with Crippen molar-refractivity contribution in [2.24, 2.45) is 0 Å². The van der Waals surface area contributed by atoms with Gasteiger partial charge in [0.15, 0.2) is 0 Å². The van der Waals surface area contributed by atoms with Crippen molar-refractivity contribution in [3.05, 3.63) is 63.1 Å². The highest BCUT2D eigenvalue weighted by atomic mass is 35.5. The molecule has 0 atom stereocenters. The zero-order valence-electron chi connectivity index (χ0n) is 16.0. The number of nitrogens with one attached hydrogen (secondary N) is 2. The smallest absolute Gasteiger partial charge is 0.261 e. The molecular weight excluding hydrogens is 467 g/mol. The van der Waals surface area contributed by atoms with E-state index in [1.807, 2.05) is 0 Å². The predicted molar refractivity (Wildman–Crippen MR) is 118 cm³/mol. The van der Waals surface area contributed by atoms with E-state index in [1.165, 1.54) is 35.2 Å². The van der Waals surface area contributed by atoms with Crippen molar-refractivity contribution in [2.75, 3.05) is 18.5 Å². The number of benzene rings is 2. The van der Waals surface area contributed by atoms with Gasteiger partial charge in [0, 0.05) is 23.8 Å². The van der Waals surface area contributed by atoms with Crippen molar-refractivity contribution in [3.63, 3.8) is 0 Å². The molecule has 0 bridgehead atoms. The largest absolute Gasteiger partial charge is 0.387 e. The maximum Gasteiger partial charge on any atom is 0.261 e. The van der Waals surface area contributed by atoms with E-state index in [1.54, 1.807) is 12.1 Å². The van der Waals surface area contributed by atoms with Crippen molar-refractivity contribution >= 4 is 55.7 Å². The summed E-state index contributed by atoms with van der Waals surface area (Å²) in [5.74, 6) is -0.601. The molecule has 0 fully saturated rings. The molecule has 1 aromatic heterocycles. The molecule has 0 aliphatic heterocycles. The summed E-state index contributed by atoms with van der Waals surface area (Å²) < 4.78 is 28.6. The summed E-state index contributed by atoms with van der Waals surface area (Å²) in [6.45, 7) is -0.408. The normalized spacial score (nSPS) is 11.6. The van der Waals surface area contributed by atoms with Crippen LogP contribution in [0.1, 0.15) is 6.42 Å². The lowest BCUT2D eigenvalue weighted by Crippen LogP contribution is -2.27. The number of aryl methyl sites for hydroxylation is 1. The second-order valence-electron chi connectivity index (χ2n) is 6.51. The molecule has 31 heavy (non-hydrogen) atoms. The number of aliphatic hydroxyl groups excluding tert-OH is 1. The van der Waals surface area contributed by atoms with Crippen molar-refractivity contribution in [2.45, 2.75) is 17.9 Å². The van der Waals surface area contributed by atoms with E-state index in [0.29, 0.717) is 17.6 Å². The minimum atomic E-state index is -3.86. The second kappa shape index (κ2) is 9.75. The molecular formula is C19H18Cl2N4O5S. The monoisotopic (exact) mass is 484 g/mol. The summed E-state index contributed by atoms with van der Waals surface area (Å²) in [4.78, 5) is 28.1. The standard InChI is InChI=1S/C19H18Cl2N4O5S/c20-12-2-4-15(21)17(8-12)31(29,30)23-6-1-7-25-11-22-16-5-3-13(24-18(27)10-26)9-14(16)19(25)28/h2-5,8-9,11,23,26H,1,6-7,10H2,(H,24,27). The van der Waals surface area contributed by atoms with Gasteiger partial charge in [0.25, 0.3) is 5.56 Å². The molecule has 3 N–H and O–H groups in total. The first-order valence-electron chi connectivity index (χ1n) is 9.06. The van der Waals surface area contributed by atoms with E-state index in [0.717, 1.165) is 0 Å². The Morgan fingerprint density at radius 3 is 2.68 bits per heavy atom. The van der Waals surface area contributed by atoms with Gasteiger partial charge >= 0.3 is 0 Å². The lowest BCUT2D eigenvalue weighted by molar-refractivity contribution is -0.118. The molecule has 1 amide bonds. The molecule has 0 aliphatic carbocycles. The molecule has 0 unspecified atom stereocenters. The molecule has 0 aliphatic rings. The number of carbonyl (C=O) groups is 1. The van der Waals surface area contributed by atoms with Gasteiger partial charge in [0.2, 0.25) is 15.9 Å². The van der Waals surface area contributed by atoms with Crippen LogP contribution in [-0.2, 0) is 21.4 Å². The Balaban J connectivity index is 1.69. The van der Waals surface area contributed by atoms with E-state index in [9.17, 15) is 18.0 Å². The summed E-state index contributed by atoms with van der Waals surface area (Å²) in [6, 6.07) is 8.77. The van der Waals surface area contributed by atoms with Crippen LogP contribution in [-0.4, -0.2) is 42.1 Å². The average Bonchev–Trinajstić information content (AvgIpc) is 2.74. The van der Waals surface area contributed by atoms with E-state index >= 15 is 0 Å². The number of rotatable bonds is 8. The third-order valence-corrected chi connectivity index (χ3v) is 6.48. The van der Waals surface area contributed by atoms with Gasteiger partial charge in [-0.25, -0.2) is 18.1 Å². The maximum absolute atomic E-state index is 12.7. The number of aliphatic hydroxyl groups is 1. The molecule has 0 saturated carbocycles. The predicted octanol–water partition coefficient (Wildman–Crippen LogP) is 2.00. The molecule has 0 spiro atoms. The topological polar surface area (TPSA) is 130 Å². The van der Waals surface area contributed by atoms with Gasteiger partial charge in [-0.1, -0.05) is 23.2 Å². The molecule has 9 nitrogen and oxygen atoms in total. The maximum atomic E-state index is 12.7. The Morgan fingerprint density at radius 1 is 1.16 bits per heavy atom. The van der Waals surface area contributed by atoms with Crippen molar-refractivity contribution < 1.29 is 18.3 Å². The fraction of sp³-hybridized carbons (Fsp3) is 0.211. The van der Waals surface area contributed by atoms with Crippen LogP contribution in [0.3, 0.4) is 0 Å². The van der Waals surface area contributed by atoms with Gasteiger partial charge in [-0.05, 0) is 42.8 Å². The highest BCUT2D eigenvalue weighted by Gasteiger charge is 2.18. The number of sulfonamides is 1. The summed E-state index contributed by atoms with van der Waals surface area (Å²) in [5, 5.41) is 11.9. The fourth-order valence-electron chi connectivity index (χ4n) is 2.81. The van der Waals surface area contributed by atoms with Crippen LogP contribution in [0, 0.1) is 0 Å². The average molecular weight is 485 g/mol. The van der Waals surface area contributed by atoms with Gasteiger partial charge in [0.05, 0.1) is 22.3 Å². The Kier molecular flexibility index (Phi) is 7.29. The zero-order chi connectivity index (χ0) is 22.6. The minimum Gasteiger partial charge on any atom is -0.387 e. The summed E-state index contributed by atoms with van der Waals surface area (Å²) in [6.07, 6.45) is 1.68. The van der Waals surface area contributed by atoms with E-state index < -0.39 is 22.5 Å². The van der Waals surface area contributed by atoms with Crippen LogP contribution >= 0.6 is 23.2 Å². The molecule has 12 heteroatoms. The number of anilines is 1. The fourth-order valence-corrected chi connectivity index (χ4v) is 4.65. The lowest BCUT2D eigenvalue weighted by atomic mass is 10.2. The number of aromatic nitrogens is 2. The molecule has 0 radical (unpaired) electrons. The third-order valence-electron chi connectivity index (χ3n) is 4.30. The van der Waals surface area contributed by atoms with Crippen LogP contribution in [0.5, 0.6) is 0 Å². The van der Waals surface area contributed by atoms with Crippen LogP contribution in [0.25, 0.3) is 10.9 Å². The quantitative estimate of drug-likeness (QED) is 0.419. The highest BCUT2D eigenvalue weighted by Crippen LogP contribution is 2.24. The summed E-state index contributed by atoms with van der Waals surface area (Å²) in [5.41, 5.74) is 0.458. The van der Waals surface area contributed by atoms with Gasteiger partial charge < -0.3 is 10.4 Å².